The number of benzene rings is 1. The first-order valence-corrected chi connectivity index (χ1v) is 6.80. The van der Waals surface area contributed by atoms with Crippen molar-refractivity contribution in [1.82, 2.24) is 5.32 Å². The Hall–Kier alpha value is 1.22. The number of carboxylic acid groups (broad SMARTS) is 1. The van der Waals surface area contributed by atoms with Crippen LogP contribution in [0.4, 0.5) is 0 Å². The van der Waals surface area contributed by atoms with Gasteiger partial charge in [-0.1, -0.05) is 6.07 Å². The first-order chi connectivity index (χ1) is 8.65. The molecule has 1 N–H and O–H groups in total. The molecule has 21 heavy (non-hydrogen) atoms. The SMILES string of the molecule is O=C([O-])Cc1ccc(OC2CCNCC2)c(Br)c1.[Cl-].[Na+].[Na+]. The second kappa shape index (κ2) is 12.6. The predicted molar refractivity (Wildman–Crippen MR) is 69.4 cm³/mol. The van der Waals surface area contributed by atoms with Crippen molar-refractivity contribution >= 4 is 21.9 Å². The summed E-state index contributed by atoms with van der Waals surface area (Å²) in [7, 11) is 0. The van der Waals surface area contributed by atoms with Crippen LogP contribution in [0, 0.1) is 0 Å². The van der Waals surface area contributed by atoms with E-state index in [2.05, 4.69) is 21.2 Å². The van der Waals surface area contributed by atoms with E-state index in [-0.39, 0.29) is 84.0 Å². The van der Waals surface area contributed by atoms with Crippen LogP contribution in [0.5, 0.6) is 5.75 Å². The summed E-state index contributed by atoms with van der Waals surface area (Å²) < 4.78 is 6.69. The summed E-state index contributed by atoms with van der Waals surface area (Å²) in [4.78, 5) is 10.5. The van der Waals surface area contributed by atoms with E-state index in [1.807, 2.05) is 6.07 Å². The van der Waals surface area contributed by atoms with Gasteiger partial charge in [-0.15, -0.1) is 0 Å². The van der Waals surface area contributed by atoms with Gasteiger partial charge >= 0.3 is 59.1 Å². The fourth-order valence-electron chi connectivity index (χ4n) is 2.01. The zero-order valence-electron chi connectivity index (χ0n) is 12.3. The van der Waals surface area contributed by atoms with Gasteiger partial charge in [0.15, 0.2) is 0 Å². The van der Waals surface area contributed by atoms with Crippen LogP contribution in [0.25, 0.3) is 0 Å². The Bertz CT molecular complexity index is 445. The molecular formula is C13H15BrClNNa2O3. The average Bonchev–Trinajstić information content (AvgIpc) is 2.33. The van der Waals surface area contributed by atoms with Gasteiger partial charge in [0, 0.05) is 12.4 Å². The van der Waals surface area contributed by atoms with E-state index in [1.54, 1.807) is 12.1 Å². The number of hydrogen-bond donors (Lipinski definition) is 1. The fraction of sp³-hybridized carbons (Fsp3) is 0.462. The molecule has 2 rings (SSSR count). The van der Waals surface area contributed by atoms with Crippen LogP contribution in [-0.4, -0.2) is 25.2 Å². The van der Waals surface area contributed by atoms with E-state index in [1.165, 1.54) is 0 Å². The summed E-state index contributed by atoms with van der Waals surface area (Å²) in [6, 6.07) is 5.34. The number of carbonyl (C=O) groups excluding carboxylic acids is 1. The number of hydrogen-bond acceptors (Lipinski definition) is 4. The number of halogens is 2. The maximum atomic E-state index is 10.5. The summed E-state index contributed by atoms with van der Waals surface area (Å²) in [5, 5.41) is 13.8. The average molecular weight is 395 g/mol. The fourth-order valence-corrected chi connectivity index (χ4v) is 2.53. The zero-order chi connectivity index (χ0) is 13.0. The normalized spacial score (nSPS) is 14.1. The predicted octanol–water partition coefficient (Wildman–Crippen LogP) is -8.12. The summed E-state index contributed by atoms with van der Waals surface area (Å²) in [5.74, 6) is -0.307. The minimum Gasteiger partial charge on any atom is -1.00 e. The molecule has 0 saturated carbocycles. The number of carbonyl (C=O) groups is 1. The number of aliphatic carboxylic acids is 1. The monoisotopic (exact) mass is 393 g/mol. The van der Waals surface area contributed by atoms with Crippen LogP contribution in [0.2, 0.25) is 0 Å². The molecule has 1 aromatic rings. The van der Waals surface area contributed by atoms with Crippen molar-refractivity contribution < 1.29 is 86.2 Å². The molecule has 0 bridgehead atoms. The number of rotatable bonds is 4. The maximum absolute atomic E-state index is 10.5. The van der Waals surface area contributed by atoms with Gasteiger partial charge in [-0.25, -0.2) is 0 Å². The first kappa shape index (κ1) is 24.5. The van der Waals surface area contributed by atoms with Gasteiger partial charge in [-0.05, 0) is 59.6 Å². The van der Waals surface area contributed by atoms with Crippen LogP contribution in [-0.2, 0) is 11.2 Å². The minimum atomic E-state index is -1.08. The van der Waals surface area contributed by atoms with Crippen LogP contribution < -0.4 is 86.7 Å². The van der Waals surface area contributed by atoms with E-state index in [4.69, 9.17) is 4.74 Å². The Labute approximate surface area is 183 Å². The van der Waals surface area contributed by atoms with Crippen molar-refractivity contribution in [2.24, 2.45) is 0 Å². The molecule has 0 aromatic heterocycles. The molecule has 1 aliphatic heterocycles. The minimum absolute atomic E-state index is 0. The van der Waals surface area contributed by atoms with Gasteiger partial charge in [0.2, 0.25) is 0 Å². The molecule has 0 amide bonds. The van der Waals surface area contributed by atoms with E-state index in [0.717, 1.165) is 36.2 Å². The zero-order valence-corrected chi connectivity index (χ0v) is 18.7. The third-order valence-electron chi connectivity index (χ3n) is 2.92. The topological polar surface area (TPSA) is 61.4 Å². The van der Waals surface area contributed by atoms with Gasteiger partial charge in [0.05, 0.1) is 4.47 Å². The van der Waals surface area contributed by atoms with E-state index < -0.39 is 5.97 Å². The third-order valence-corrected chi connectivity index (χ3v) is 3.54. The van der Waals surface area contributed by atoms with Gasteiger partial charge < -0.3 is 32.4 Å². The second-order valence-corrected chi connectivity index (χ2v) is 5.24. The Morgan fingerprint density at radius 1 is 1.33 bits per heavy atom. The van der Waals surface area contributed by atoms with Crippen molar-refractivity contribution in [1.29, 1.82) is 0 Å². The smallest absolute Gasteiger partial charge is 1.00 e. The Balaban J connectivity index is 0. The van der Waals surface area contributed by atoms with Crippen molar-refractivity contribution in [3.05, 3.63) is 28.2 Å². The molecule has 1 aliphatic rings. The molecule has 0 unspecified atom stereocenters. The van der Waals surface area contributed by atoms with E-state index >= 15 is 0 Å². The maximum Gasteiger partial charge on any atom is 1.00 e. The van der Waals surface area contributed by atoms with Crippen molar-refractivity contribution in [2.45, 2.75) is 25.4 Å². The molecule has 0 atom stereocenters. The second-order valence-electron chi connectivity index (χ2n) is 4.38. The molecule has 0 spiro atoms. The van der Waals surface area contributed by atoms with Crippen LogP contribution >= 0.6 is 15.9 Å². The number of piperidine rings is 1. The number of nitrogens with one attached hydrogen (secondary N) is 1. The summed E-state index contributed by atoms with van der Waals surface area (Å²) in [6.07, 6.45) is 2.14. The Morgan fingerprint density at radius 2 is 1.95 bits per heavy atom. The van der Waals surface area contributed by atoms with Gasteiger partial charge in [-0.2, -0.15) is 0 Å². The standard InChI is InChI=1S/C13H16BrNO3.ClH.2Na/c14-11-7-9(8-13(16)17)1-2-12(11)18-10-3-5-15-6-4-10;;;/h1-2,7,10,15H,3-6,8H2,(H,16,17);1H;;/q;;2*+1/p-2. The van der Waals surface area contributed by atoms with Crippen LogP contribution in [0.3, 0.4) is 0 Å². The molecule has 8 heteroatoms. The number of carboxylic acids is 1. The van der Waals surface area contributed by atoms with E-state index in [9.17, 15) is 9.90 Å². The van der Waals surface area contributed by atoms with Crippen molar-refractivity contribution in [3.8, 4) is 5.75 Å². The van der Waals surface area contributed by atoms with Crippen LogP contribution in [0.1, 0.15) is 18.4 Å². The molecule has 0 radical (unpaired) electrons. The van der Waals surface area contributed by atoms with Gasteiger partial charge in [0.25, 0.3) is 0 Å². The molecule has 0 aliphatic carbocycles. The Morgan fingerprint density at radius 3 is 2.48 bits per heavy atom. The van der Waals surface area contributed by atoms with Gasteiger partial charge in [-0.3, -0.25) is 0 Å². The summed E-state index contributed by atoms with van der Waals surface area (Å²) in [6.45, 7) is 1.95. The first-order valence-electron chi connectivity index (χ1n) is 6.01. The van der Waals surface area contributed by atoms with E-state index in [0.29, 0.717) is 5.56 Å². The molecule has 106 valence electrons. The quantitative estimate of drug-likeness (QED) is 0.516. The molecule has 1 aromatic carbocycles. The van der Waals surface area contributed by atoms with Gasteiger partial charge in [0.1, 0.15) is 11.9 Å². The Kier molecular flexibility index (Phi) is 14.7. The van der Waals surface area contributed by atoms with Crippen LogP contribution in [0.15, 0.2) is 22.7 Å². The molecule has 1 fully saturated rings. The summed E-state index contributed by atoms with van der Waals surface area (Å²) in [5.41, 5.74) is 0.708. The molecule has 1 saturated heterocycles. The summed E-state index contributed by atoms with van der Waals surface area (Å²) >= 11 is 3.41. The molecular weight excluding hydrogens is 379 g/mol. The third kappa shape index (κ3) is 8.58. The molecule has 1 heterocycles. The number of ether oxygens (including phenoxy) is 1. The van der Waals surface area contributed by atoms with Crippen molar-refractivity contribution in [3.63, 3.8) is 0 Å². The van der Waals surface area contributed by atoms with Crippen molar-refractivity contribution in [2.75, 3.05) is 13.1 Å². The molecule has 4 nitrogen and oxygen atoms in total. The largest absolute Gasteiger partial charge is 1.00 e.